The third-order valence-electron chi connectivity index (χ3n) is 1.68. The second-order valence-electron chi connectivity index (χ2n) is 3.03. The monoisotopic (exact) mass is 184 g/mol. The van der Waals surface area contributed by atoms with Gasteiger partial charge in [-0.15, -0.1) is 0 Å². The third kappa shape index (κ3) is 1.95. The molecular weight excluding hydrogens is 172 g/mol. The SMILES string of the molecule is CCc1ncc(Cl)c(C(C)C)n1. The highest BCUT2D eigenvalue weighted by molar-refractivity contribution is 6.31. The molecule has 3 heteroatoms. The number of hydrogen-bond acceptors (Lipinski definition) is 2. The molecule has 0 fully saturated rings. The van der Waals surface area contributed by atoms with E-state index >= 15 is 0 Å². The van der Waals surface area contributed by atoms with Crippen LogP contribution in [0, 0.1) is 0 Å². The summed E-state index contributed by atoms with van der Waals surface area (Å²) < 4.78 is 0. The van der Waals surface area contributed by atoms with E-state index in [0.29, 0.717) is 10.9 Å². The van der Waals surface area contributed by atoms with Gasteiger partial charge in [0.2, 0.25) is 0 Å². The molecule has 0 bridgehead atoms. The van der Waals surface area contributed by atoms with Gasteiger partial charge < -0.3 is 0 Å². The van der Waals surface area contributed by atoms with Crippen LogP contribution in [0.15, 0.2) is 6.20 Å². The van der Waals surface area contributed by atoms with Crippen LogP contribution < -0.4 is 0 Å². The molecule has 0 N–H and O–H groups in total. The number of nitrogens with zero attached hydrogens (tertiary/aromatic N) is 2. The van der Waals surface area contributed by atoms with E-state index in [9.17, 15) is 0 Å². The average molecular weight is 185 g/mol. The van der Waals surface area contributed by atoms with Gasteiger partial charge in [0.25, 0.3) is 0 Å². The summed E-state index contributed by atoms with van der Waals surface area (Å²) in [5.74, 6) is 1.23. The molecule has 0 aliphatic carbocycles. The van der Waals surface area contributed by atoms with Crippen molar-refractivity contribution in [2.24, 2.45) is 0 Å². The van der Waals surface area contributed by atoms with Crippen molar-refractivity contribution in [3.05, 3.63) is 22.7 Å². The molecule has 0 amide bonds. The van der Waals surface area contributed by atoms with Gasteiger partial charge in [-0.1, -0.05) is 32.4 Å². The van der Waals surface area contributed by atoms with E-state index in [4.69, 9.17) is 11.6 Å². The summed E-state index contributed by atoms with van der Waals surface area (Å²) in [6, 6.07) is 0. The van der Waals surface area contributed by atoms with Crippen LogP contribution in [0.3, 0.4) is 0 Å². The van der Waals surface area contributed by atoms with Crippen molar-refractivity contribution in [1.29, 1.82) is 0 Å². The Morgan fingerprint density at radius 3 is 2.67 bits per heavy atom. The van der Waals surface area contributed by atoms with Crippen molar-refractivity contribution in [3.63, 3.8) is 0 Å². The molecule has 0 aliphatic heterocycles. The predicted molar refractivity (Wildman–Crippen MR) is 50.5 cm³/mol. The Morgan fingerprint density at radius 2 is 2.17 bits per heavy atom. The minimum atomic E-state index is 0.366. The molecule has 0 radical (unpaired) electrons. The molecule has 1 rings (SSSR count). The third-order valence-corrected chi connectivity index (χ3v) is 1.98. The van der Waals surface area contributed by atoms with E-state index in [1.54, 1.807) is 6.20 Å². The first-order chi connectivity index (χ1) is 5.65. The molecule has 0 spiro atoms. The van der Waals surface area contributed by atoms with Gasteiger partial charge in [-0.2, -0.15) is 0 Å². The van der Waals surface area contributed by atoms with Gasteiger partial charge in [-0.25, -0.2) is 9.97 Å². The number of aromatic nitrogens is 2. The van der Waals surface area contributed by atoms with Crippen molar-refractivity contribution >= 4 is 11.6 Å². The Labute approximate surface area is 78.0 Å². The first kappa shape index (κ1) is 9.46. The fraction of sp³-hybridized carbons (Fsp3) is 0.556. The number of aryl methyl sites for hydroxylation is 1. The lowest BCUT2D eigenvalue weighted by Crippen LogP contribution is -2.00. The quantitative estimate of drug-likeness (QED) is 0.707. The summed E-state index contributed by atoms with van der Waals surface area (Å²) in [5, 5.41) is 0.669. The molecule has 0 aromatic carbocycles. The lowest BCUT2D eigenvalue weighted by Gasteiger charge is -2.07. The minimum absolute atomic E-state index is 0.366. The molecule has 12 heavy (non-hydrogen) atoms. The summed E-state index contributed by atoms with van der Waals surface area (Å²) in [4.78, 5) is 8.44. The van der Waals surface area contributed by atoms with Gasteiger partial charge in [0.15, 0.2) is 0 Å². The van der Waals surface area contributed by atoms with Crippen LogP contribution in [0.25, 0.3) is 0 Å². The van der Waals surface area contributed by atoms with E-state index in [1.807, 2.05) is 6.92 Å². The molecule has 1 aromatic rings. The van der Waals surface area contributed by atoms with Gasteiger partial charge in [0, 0.05) is 12.6 Å². The molecular formula is C9H13ClN2. The standard InChI is InChI=1S/C9H13ClN2/c1-4-8-11-5-7(10)9(12-8)6(2)3/h5-6H,4H2,1-3H3. The molecule has 0 saturated carbocycles. The lowest BCUT2D eigenvalue weighted by molar-refractivity contribution is 0.787. The zero-order valence-corrected chi connectivity index (χ0v) is 8.39. The Kier molecular flexibility index (Phi) is 3.04. The minimum Gasteiger partial charge on any atom is -0.240 e. The van der Waals surface area contributed by atoms with Crippen LogP contribution in [0.1, 0.15) is 38.2 Å². The highest BCUT2D eigenvalue weighted by Gasteiger charge is 2.07. The maximum atomic E-state index is 5.92. The van der Waals surface area contributed by atoms with Crippen molar-refractivity contribution in [1.82, 2.24) is 9.97 Å². The largest absolute Gasteiger partial charge is 0.240 e. The lowest BCUT2D eigenvalue weighted by atomic mass is 10.1. The second-order valence-corrected chi connectivity index (χ2v) is 3.43. The Bertz CT molecular complexity index is 271. The fourth-order valence-corrected chi connectivity index (χ4v) is 1.30. The first-order valence-corrected chi connectivity index (χ1v) is 4.54. The summed E-state index contributed by atoms with van der Waals surface area (Å²) in [6.45, 7) is 6.19. The highest BCUT2D eigenvalue weighted by Crippen LogP contribution is 2.20. The number of rotatable bonds is 2. The summed E-state index contributed by atoms with van der Waals surface area (Å²) in [6.07, 6.45) is 2.54. The maximum absolute atomic E-state index is 5.92. The number of hydrogen-bond donors (Lipinski definition) is 0. The Balaban J connectivity index is 3.08. The van der Waals surface area contributed by atoms with Crippen LogP contribution >= 0.6 is 11.6 Å². The molecule has 1 aromatic heterocycles. The maximum Gasteiger partial charge on any atom is 0.128 e. The molecule has 0 aliphatic rings. The Hall–Kier alpha value is -0.630. The summed E-state index contributed by atoms with van der Waals surface area (Å²) in [7, 11) is 0. The van der Waals surface area contributed by atoms with Crippen LogP contribution in [0.2, 0.25) is 5.02 Å². The van der Waals surface area contributed by atoms with Crippen molar-refractivity contribution in [2.45, 2.75) is 33.1 Å². The van der Waals surface area contributed by atoms with Gasteiger partial charge in [-0.3, -0.25) is 0 Å². The summed E-state index contributed by atoms with van der Waals surface area (Å²) >= 11 is 5.92. The zero-order chi connectivity index (χ0) is 9.14. The molecule has 2 nitrogen and oxygen atoms in total. The molecule has 0 atom stereocenters. The molecule has 66 valence electrons. The normalized spacial score (nSPS) is 10.8. The highest BCUT2D eigenvalue weighted by atomic mass is 35.5. The van der Waals surface area contributed by atoms with E-state index in [0.717, 1.165) is 17.9 Å². The van der Waals surface area contributed by atoms with Gasteiger partial charge in [0.05, 0.1) is 10.7 Å². The van der Waals surface area contributed by atoms with E-state index in [-0.39, 0.29) is 0 Å². The van der Waals surface area contributed by atoms with Gasteiger partial charge in [-0.05, 0) is 5.92 Å². The molecule has 0 unspecified atom stereocenters. The average Bonchev–Trinajstić information content (AvgIpc) is 2.05. The van der Waals surface area contributed by atoms with Crippen molar-refractivity contribution < 1.29 is 0 Å². The second kappa shape index (κ2) is 3.85. The van der Waals surface area contributed by atoms with Crippen LogP contribution in [0.4, 0.5) is 0 Å². The van der Waals surface area contributed by atoms with Gasteiger partial charge >= 0.3 is 0 Å². The van der Waals surface area contributed by atoms with Crippen LogP contribution in [-0.4, -0.2) is 9.97 Å². The topological polar surface area (TPSA) is 25.8 Å². The van der Waals surface area contributed by atoms with E-state index < -0.39 is 0 Å². The zero-order valence-electron chi connectivity index (χ0n) is 7.63. The molecule has 0 saturated heterocycles. The van der Waals surface area contributed by atoms with E-state index in [2.05, 4.69) is 23.8 Å². The first-order valence-electron chi connectivity index (χ1n) is 4.16. The van der Waals surface area contributed by atoms with Crippen molar-refractivity contribution in [2.75, 3.05) is 0 Å². The van der Waals surface area contributed by atoms with Crippen LogP contribution in [-0.2, 0) is 6.42 Å². The smallest absolute Gasteiger partial charge is 0.128 e. The Morgan fingerprint density at radius 1 is 1.50 bits per heavy atom. The summed E-state index contributed by atoms with van der Waals surface area (Å²) in [5.41, 5.74) is 0.948. The van der Waals surface area contributed by atoms with Crippen molar-refractivity contribution in [3.8, 4) is 0 Å². The van der Waals surface area contributed by atoms with Gasteiger partial charge in [0.1, 0.15) is 5.82 Å². The van der Waals surface area contributed by atoms with Crippen LogP contribution in [0.5, 0.6) is 0 Å². The van der Waals surface area contributed by atoms with E-state index in [1.165, 1.54) is 0 Å². The fourth-order valence-electron chi connectivity index (χ4n) is 0.994. The number of halogens is 1. The molecule has 1 heterocycles. The predicted octanol–water partition coefficient (Wildman–Crippen LogP) is 2.82.